The number of amides is 2. The van der Waals surface area contributed by atoms with Crippen LogP contribution in [0.2, 0.25) is 0 Å². The van der Waals surface area contributed by atoms with Crippen LogP contribution in [0.5, 0.6) is 0 Å². The van der Waals surface area contributed by atoms with E-state index >= 15 is 0 Å². The molecule has 1 aromatic carbocycles. The number of hydrogen-bond acceptors (Lipinski definition) is 4. The predicted octanol–water partition coefficient (Wildman–Crippen LogP) is 1.48. The summed E-state index contributed by atoms with van der Waals surface area (Å²) in [6, 6.07) is 4.16. The molecular weight excluding hydrogens is 339 g/mol. The van der Waals surface area contributed by atoms with Crippen LogP contribution in [0.4, 0.5) is 18.9 Å². The summed E-state index contributed by atoms with van der Waals surface area (Å²) in [4.78, 5) is 25.8. The Hall–Kier alpha value is -2.13. The fraction of sp³-hybridized carbons (Fsp3) is 0.500. The number of carbonyl (C=O) groups is 2. The van der Waals surface area contributed by atoms with Gasteiger partial charge in [0.15, 0.2) is 0 Å². The van der Waals surface area contributed by atoms with Crippen LogP contribution in [0.25, 0.3) is 0 Å². The Morgan fingerprint density at radius 1 is 1.36 bits per heavy atom. The van der Waals surface area contributed by atoms with Crippen molar-refractivity contribution in [3.8, 4) is 0 Å². The highest BCUT2D eigenvalue weighted by Crippen LogP contribution is 2.34. The van der Waals surface area contributed by atoms with E-state index in [1.54, 1.807) is 6.92 Å². The van der Waals surface area contributed by atoms with Gasteiger partial charge < -0.3 is 20.3 Å². The van der Waals surface area contributed by atoms with Crippen molar-refractivity contribution < 1.29 is 27.5 Å². The number of nitrogens with zero attached hydrogens (tertiary/aromatic N) is 1. The molecule has 2 N–H and O–H groups in total. The predicted molar refractivity (Wildman–Crippen MR) is 84.9 cm³/mol. The van der Waals surface area contributed by atoms with Crippen LogP contribution in [-0.4, -0.2) is 55.6 Å². The molecule has 0 saturated carbocycles. The monoisotopic (exact) mass is 359 g/mol. The summed E-state index contributed by atoms with van der Waals surface area (Å²) < 4.78 is 44.1. The van der Waals surface area contributed by atoms with Gasteiger partial charge in [-0.3, -0.25) is 9.59 Å². The van der Waals surface area contributed by atoms with Crippen molar-refractivity contribution in [1.82, 2.24) is 10.2 Å². The molecule has 0 radical (unpaired) electrons. The molecule has 0 aliphatic carbocycles. The van der Waals surface area contributed by atoms with Gasteiger partial charge in [-0.2, -0.15) is 13.2 Å². The van der Waals surface area contributed by atoms with Crippen molar-refractivity contribution in [1.29, 1.82) is 0 Å². The average Bonchev–Trinajstić information content (AvgIpc) is 2.59. The van der Waals surface area contributed by atoms with Crippen molar-refractivity contribution in [2.75, 3.05) is 38.2 Å². The molecule has 1 aliphatic heterocycles. The van der Waals surface area contributed by atoms with E-state index in [-0.39, 0.29) is 31.3 Å². The molecule has 6 nitrogen and oxygen atoms in total. The zero-order chi connectivity index (χ0) is 18.4. The second-order valence-corrected chi connectivity index (χ2v) is 5.53. The number of hydrogen-bond donors (Lipinski definition) is 2. The molecular formula is C16H20F3N3O3. The molecule has 9 heteroatoms. The van der Waals surface area contributed by atoms with E-state index in [1.807, 2.05) is 0 Å². The highest BCUT2D eigenvalue weighted by Gasteiger charge is 2.34. The first-order valence-electron chi connectivity index (χ1n) is 7.89. The van der Waals surface area contributed by atoms with Crippen LogP contribution >= 0.6 is 0 Å². The van der Waals surface area contributed by atoms with Gasteiger partial charge in [-0.05, 0) is 19.1 Å². The molecule has 25 heavy (non-hydrogen) atoms. The molecule has 1 fully saturated rings. The lowest BCUT2D eigenvalue weighted by atomic mass is 10.1. The van der Waals surface area contributed by atoms with Crippen LogP contribution in [-0.2, 0) is 20.5 Å². The van der Waals surface area contributed by atoms with Crippen LogP contribution in [0.1, 0.15) is 12.5 Å². The standard InChI is InChI=1S/C16H20F3N3O3/c1-2-22(15(24)13-10-25-8-7-20-13)9-14(23)21-12-6-4-3-5-11(12)16(17,18)19/h3-6,13,20H,2,7-10H2,1H3,(H,21,23). The minimum atomic E-state index is -4.58. The third-order valence-electron chi connectivity index (χ3n) is 3.75. The summed E-state index contributed by atoms with van der Waals surface area (Å²) in [5.74, 6) is -1.01. The van der Waals surface area contributed by atoms with Gasteiger partial charge in [-0.15, -0.1) is 0 Å². The first kappa shape index (κ1) is 19.2. The maximum atomic E-state index is 13.0. The molecule has 2 amide bonds. The van der Waals surface area contributed by atoms with Gasteiger partial charge in [0.2, 0.25) is 11.8 Å². The van der Waals surface area contributed by atoms with Gasteiger partial charge in [-0.25, -0.2) is 0 Å². The van der Waals surface area contributed by atoms with Crippen molar-refractivity contribution in [2.45, 2.75) is 19.1 Å². The van der Waals surface area contributed by atoms with E-state index in [9.17, 15) is 22.8 Å². The summed E-state index contributed by atoms with van der Waals surface area (Å²) in [5, 5.41) is 5.22. The maximum absolute atomic E-state index is 13.0. The third kappa shape index (κ3) is 5.17. The quantitative estimate of drug-likeness (QED) is 0.836. The number of carbonyl (C=O) groups excluding carboxylic acids is 2. The van der Waals surface area contributed by atoms with Gasteiger partial charge >= 0.3 is 6.18 Å². The molecule has 1 saturated heterocycles. The van der Waals surface area contributed by atoms with Crippen molar-refractivity contribution in [2.24, 2.45) is 0 Å². The van der Waals surface area contributed by atoms with E-state index in [1.165, 1.54) is 23.1 Å². The first-order valence-corrected chi connectivity index (χ1v) is 7.89. The zero-order valence-electron chi connectivity index (χ0n) is 13.7. The third-order valence-corrected chi connectivity index (χ3v) is 3.75. The van der Waals surface area contributed by atoms with Gasteiger partial charge in [0, 0.05) is 13.1 Å². The number of ether oxygens (including phenoxy) is 1. The molecule has 0 spiro atoms. The van der Waals surface area contributed by atoms with Gasteiger partial charge in [0.1, 0.15) is 6.04 Å². The van der Waals surface area contributed by atoms with E-state index in [0.29, 0.717) is 13.2 Å². The van der Waals surface area contributed by atoms with Gasteiger partial charge in [0.25, 0.3) is 0 Å². The van der Waals surface area contributed by atoms with Crippen LogP contribution < -0.4 is 10.6 Å². The number of nitrogens with one attached hydrogen (secondary N) is 2. The Bertz CT molecular complexity index is 616. The number of rotatable bonds is 5. The van der Waals surface area contributed by atoms with Gasteiger partial charge in [0.05, 0.1) is 31.0 Å². The second kappa shape index (κ2) is 8.30. The first-order chi connectivity index (χ1) is 11.8. The molecule has 138 valence electrons. The Morgan fingerprint density at radius 2 is 2.08 bits per heavy atom. The number of alkyl halides is 3. The Morgan fingerprint density at radius 3 is 2.68 bits per heavy atom. The number of halogens is 3. The lowest BCUT2D eigenvalue weighted by Gasteiger charge is -2.29. The average molecular weight is 359 g/mol. The summed E-state index contributed by atoms with van der Waals surface area (Å²) in [6.45, 7) is 2.85. The number of benzene rings is 1. The number of morpholine rings is 1. The fourth-order valence-corrected chi connectivity index (χ4v) is 2.49. The summed E-state index contributed by atoms with van der Waals surface area (Å²) in [5.41, 5.74) is -1.26. The Balaban J connectivity index is 2.02. The molecule has 1 unspecified atom stereocenters. The number of likely N-dealkylation sites (N-methyl/N-ethyl adjacent to an activating group) is 1. The van der Waals surface area contributed by atoms with E-state index in [0.717, 1.165) is 6.07 Å². The highest BCUT2D eigenvalue weighted by molar-refractivity contribution is 5.96. The van der Waals surface area contributed by atoms with Crippen molar-refractivity contribution in [3.63, 3.8) is 0 Å². The summed E-state index contributed by atoms with van der Waals surface area (Å²) >= 11 is 0. The molecule has 2 rings (SSSR count). The van der Waals surface area contributed by atoms with Crippen molar-refractivity contribution >= 4 is 17.5 Å². The highest BCUT2D eigenvalue weighted by atomic mass is 19.4. The Kier molecular flexibility index (Phi) is 6.38. The summed E-state index contributed by atoms with van der Waals surface area (Å²) in [6.07, 6.45) is -4.58. The Labute approximate surface area is 143 Å². The molecule has 1 heterocycles. The van der Waals surface area contributed by atoms with E-state index in [2.05, 4.69) is 10.6 Å². The normalized spacial score (nSPS) is 17.8. The fourth-order valence-electron chi connectivity index (χ4n) is 2.49. The largest absolute Gasteiger partial charge is 0.418 e. The molecule has 0 aromatic heterocycles. The minimum Gasteiger partial charge on any atom is -0.378 e. The SMILES string of the molecule is CCN(CC(=O)Nc1ccccc1C(F)(F)F)C(=O)C1COCCN1. The lowest BCUT2D eigenvalue weighted by molar-refractivity contribution is -0.139. The van der Waals surface area contributed by atoms with Crippen LogP contribution in [0.3, 0.4) is 0 Å². The smallest absolute Gasteiger partial charge is 0.378 e. The number of para-hydroxylation sites is 1. The maximum Gasteiger partial charge on any atom is 0.418 e. The van der Waals surface area contributed by atoms with E-state index < -0.39 is 23.7 Å². The van der Waals surface area contributed by atoms with Crippen molar-refractivity contribution in [3.05, 3.63) is 29.8 Å². The molecule has 1 aliphatic rings. The van der Waals surface area contributed by atoms with E-state index in [4.69, 9.17) is 4.74 Å². The lowest BCUT2D eigenvalue weighted by Crippen LogP contribution is -2.53. The zero-order valence-corrected chi connectivity index (χ0v) is 13.7. The summed E-state index contributed by atoms with van der Waals surface area (Å²) in [7, 11) is 0. The van der Waals surface area contributed by atoms with Crippen LogP contribution in [0.15, 0.2) is 24.3 Å². The molecule has 1 aromatic rings. The van der Waals surface area contributed by atoms with Crippen LogP contribution in [0, 0.1) is 0 Å². The topological polar surface area (TPSA) is 70.7 Å². The minimum absolute atomic E-state index is 0.202. The number of anilines is 1. The van der Waals surface area contributed by atoms with Gasteiger partial charge in [-0.1, -0.05) is 12.1 Å². The molecule has 0 bridgehead atoms. The second-order valence-electron chi connectivity index (χ2n) is 5.53. The molecule has 1 atom stereocenters.